The lowest BCUT2D eigenvalue weighted by molar-refractivity contribution is 0.353. The molecule has 0 amide bonds. The molecule has 0 aliphatic carbocycles. The highest BCUT2D eigenvalue weighted by Gasteiger charge is 2.23. The van der Waals surface area contributed by atoms with Crippen molar-refractivity contribution in [2.24, 2.45) is 0 Å². The highest BCUT2D eigenvalue weighted by Crippen LogP contribution is 2.09. The number of sulfonamides is 1. The number of rotatable bonds is 1. The Bertz CT molecular complexity index is 238. The maximum Gasteiger partial charge on any atom is 0.211 e. The van der Waals surface area contributed by atoms with Crippen molar-refractivity contribution in [3.05, 3.63) is 0 Å². The van der Waals surface area contributed by atoms with E-state index in [1.54, 1.807) is 4.31 Å². The van der Waals surface area contributed by atoms with Gasteiger partial charge in [0.1, 0.15) is 0 Å². The summed E-state index contributed by atoms with van der Waals surface area (Å²) in [5.74, 6) is 0. The van der Waals surface area contributed by atoms with Crippen LogP contribution in [0.15, 0.2) is 0 Å². The predicted molar refractivity (Wildman–Crippen MR) is 48.5 cm³/mol. The molecule has 1 aliphatic heterocycles. The fourth-order valence-corrected chi connectivity index (χ4v) is 2.66. The minimum atomic E-state index is -3.01. The number of nitrogens with one attached hydrogen (secondary N) is 1. The first-order chi connectivity index (χ1) is 5.52. The first kappa shape index (κ1) is 9.95. The molecule has 0 aromatic rings. The molecule has 0 radical (unpaired) electrons. The maximum atomic E-state index is 11.2. The van der Waals surface area contributed by atoms with Gasteiger partial charge in [-0.05, 0) is 19.9 Å². The van der Waals surface area contributed by atoms with Crippen molar-refractivity contribution in [2.75, 3.05) is 25.9 Å². The van der Waals surface area contributed by atoms with Crippen LogP contribution in [0.4, 0.5) is 0 Å². The van der Waals surface area contributed by atoms with E-state index in [2.05, 4.69) is 5.32 Å². The predicted octanol–water partition coefficient (Wildman–Crippen LogP) is -0.370. The van der Waals surface area contributed by atoms with E-state index in [9.17, 15) is 8.42 Å². The molecule has 1 rings (SSSR count). The molecular weight excluding hydrogens is 176 g/mol. The van der Waals surface area contributed by atoms with Crippen LogP contribution in [-0.4, -0.2) is 44.7 Å². The Morgan fingerprint density at radius 2 is 2.08 bits per heavy atom. The molecule has 1 aliphatic rings. The van der Waals surface area contributed by atoms with Crippen LogP contribution in [0.1, 0.15) is 13.3 Å². The molecule has 1 saturated heterocycles. The smallest absolute Gasteiger partial charge is 0.211 e. The van der Waals surface area contributed by atoms with E-state index in [1.165, 1.54) is 6.26 Å². The van der Waals surface area contributed by atoms with Gasteiger partial charge >= 0.3 is 0 Å². The lowest BCUT2D eigenvalue weighted by Gasteiger charge is -2.23. The zero-order valence-electron chi connectivity index (χ0n) is 7.58. The first-order valence-corrected chi connectivity index (χ1v) is 6.04. The van der Waals surface area contributed by atoms with Crippen molar-refractivity contribution < 1.29 is 8.42 Å². The average Bonchev–Trinajstić information content (AvgIpc) is 2.11. The molecule has 0 aromatic carbocycles. The van der Waals surface area contributed by atoms with Crippen LogP contribution < -0.4 is 5.32 Å². The fraction of sp³-hybridized carbons (Fsp3) is 1.00. The van der Waals surface area contributed by atoms with Gasteiger partial charge in [0.05, 0.1) is 6.26 Å². The molecule has 5 heteroatoms. The van der Waals surface area contributed by atoms with Crippen LogP contribution in [0.25, 0.3) is 0 Å². The van der Waals surface area contributed by atoms with Crippen LogP contribution in [0.2, 0.25) is 0 Å². The standard InChI is InChI=1S/C7H16N2O2S/c1-7-3-4-8-5-6-9(7)12(2,10)11/h7-8H,3-6H2,1-2H3/t7-/m1/s1. The summed E-state index contributed by atoms with van der Waals surface area (Å²) in [6, 6.07) is 0.134. The van der Waals surface area contributed by atoms with Crippen molar-refractivity contribution >= 4 is 10.0 Å². The van der Waals surface area contributed by atoms with Gasteiger partial charge in [0, 0.05) is 19.1 Å². The number of nitrogens with zero attached hydrogens (tertiary/aromatic N) is 1. The molecular formula is C7H16N2O2S. The third-order valence-corrected chi connectivity index (χ3v) is 3.56. The molecule has 12 heavy (non-hydrogen) atoms. The van der Waals surface area contributed by atoms with Gasteiger partial charge in [-0.15, -0.1) is 0 Å². The zero-order chi connectivity index (χ0) is 9.19. The third kappa shape index (κ3) is 2.43. The number of hydrogen-bond acceptors (Lipinski definition) is 3. The molecule has 72 valence electrons. The SMILES string of the molecule is C[C@@H]1CCNCCN1S(C)(=O)=O. The second kappa shape index (κ2) is 3.72. The van der Waals surface area contributed by atoms with Gasteiger partial charge in [0.15, 0.2) is 0 Å². The van der Waals surface area contributed by atoms with Gasteiger partial charge in [0.25, 0.3) is 0 Å². The van der Waals surface area contributed by atoms with E-state index in [1.807, 2.05) is 6.92 Å². The van der Waals surface area contributed by atoms with E-state index in [0.717, 1.165) is 19.5 Å². The first-order valence-electron chi connectivity index (χ1n) is 4.19. The summed E-state index contributed by atoms with van der Waals surface area (Å²) in [6.07, 6.45) is 2.17. The summed E-state index contributed by atoms with van der Waals surface area (Å²) in [6.45, 7) is 4.22. The molecule has 0 bridgehead atoms. The molecule has 0 spiro atoms. The Labute approximate surface area is 74.0 Å². The molecule has 0 saturated carbocycles. The van der Waals surface area contributed by atoms with Crippen LogP contribution in [-0.2, 0) is 10.0 Å². The third-order valence-electron chi connectivity index (χ3n) is 2.17. The van der Waals surface area contributed by atoms with Gasteiger partial charge in [-0.25, -0.2) is 8.42 Å². The van der Waals surface area contributed by atoms with E-state index in [0.29, 0.717) is 6.54 Å². The van der Waals surface area contributed by atoms with Crippen molar-refractivity contribution in [3.63, 3.8) is 0 Å². The van der Waals surface area contributed by atoms with Gasteiger partial charge in [-0.3, -0.25) is 0 Å². The number of hydrogen-bond donors (Lipinski definition) is 1. The summed E-state index contributed by atoms with van der Waals surface area (Å²) in [5, 5.41) is 3.17. The topological polar surface area (TPSA) is 49.4 Å². The lowest BCUT2D eigenvalue weighted by atomic mass is 10.2. The second-order valence-corrected chi connectivity index (χ2v) is 5.20. The van der Waals surface area contributed by atoms with Crippen LogP contribution in [0, 0.1) is 0 Å². The van der Waals surface area contributed by atoms with Crippen molar-refractivity contribution in [3.8, 4) is 0 Å². The summed E-state index contributed by atoms with van der Waals surface area (Å²) in [4.78, 5) is 0. The monoisotopic (exact) mass is 192 g/mol. The van der Waals surface area contributed by atoms with Gasteiger partial charge in [0.2, 0.25) is 10.0 Å². The molecule has 1 heterocycles. The highest BCUT2D eigenvalue weighted by molar-refractivity contribution is 7.88. The fourth-order valence-electron chi connectivity index (χ4n) is 1.48. The molecule has 1 N–H and O–H groups in total. The van der Waals surface area contributed by atoms with E-state index in [-0.39, 0.29) is 6.04 Å². The van der Waals surface area contributed by atoms with E-state index >= 15 is 0 Å². The minimum Gasteiger partial charge on any atom is -0.315 e. The second-order valence-electron chi connectivity index (χ2n) is 3.26. The summed E-state index contributed by atoms with van der Waals surface area (Å²) < 4.78 is 24.1. The Balaban J connectivity index is 2.72. The van der Waals surface area contributed by atoms with E-state index < -0.39 is 10.0 Å². The average molecular weight is 192 g/mol. The minimum absolute atomic E-state index is 0.134. The molecule has 1 fully saturated rings. The summed E-state index contributed by atoms with van der Waals surface area (Å²) >= 11 is 0. The Hall–Kier alpha value is -0.130. The normalized spacial score (nSPS) is 28.3. The Morgan fingerprint density at radius 1 is 1.42 bits per heavy atom. The summed E-state index contributed by atoms with van der Waals surface area (Å²) in [7, 11) is -3.01. The lowest BCUT2D eigenvalue weighted by Crippen LogP contribution is -2.38. The molecule has 4 nitrogen and oxygen atoms in total. The van der Waals surface area contributed by atoms with E-state index in [4.69, 9.17) is 0 Å². The molecule has 0 unspecified atom stereocenters. The summed E-state index contributed by atoms with van der Waals surface area (Å²) in [5.41, 5.74) is 0. The van der Waals surface area contributed by atoms with Crippen LogP contribution >= 0.6 is 0 Å². The Morgan fingerprint density at radius 3 is 2.67 bits per heavy atom. The Kier molecular flexibility index (Phi) is 3.09. The van der Waals surface area contributed by atoms with Crippen LogP contribution in [0.5, 0.6) is 0 Å². The quantitative estimate of drug-likeness (QED) is 0.616. The molecule has 0 aromatic heterocycles. The molecule has 1 atom stereocenters. The van der Waals surface area contributed by atoms with Gasteiger partial charge in [-0.1, -0.05) is 0 Å². The maximum absolute atomic E-state index is 11.2. The van der Waals surface area contributed by atoms with Crippen molar-refractivity contribution in [1.29, 1.82) is 0 Å². The largest absolute Gasteiger partial charge is 0.315 e. The van der Waals surface area contributed by atoms with Crippen molar-refractivity contribution in [2.45, 2.75) is 19.4 Å². The highest BCUT2D eigenvalue weighted by atomic mass is 32.2. The van der Waals surface area contributed by atoms with Gasteiger partial charge in [-0.2, -0.15) is 4.31 Å². The van der Waals surface area contributed by atoms with Gasteiger partial charge < -0.3 is 5.32 Å². The van der Waals surface area contributed by atoms with Crippen molar-refractivity contribution in [1.82, 2.24) is 9.62 Å². The van der Waals surface area contributed by atoms with Crippen LogP contribution in [0.3, 0.4) is 0 Å². The zero-order valence-corrected chi connectivity index (χ0v) is 8.39.